The number of aliphatic hydroxyl groups excluding tert-OH is 1. The van der Waals surface area contributed by atoms with Gasteiger partial charge in [0.15, 0.2) is 0 Å². The molecule has 1 heterocycles. The van der Waals surface area contributed by atoms with Crippen LogP contribution in [0.3, 0.4) is 0 Å². The standard InChI is InChI=1S/C18H22ClN3O2/c1-13(12-23)10-20-17(24)9-8-16-14(2)21-22(18(16)19)11-15-6-4-3-5-7-15/h3-9,13,23H,10-12H2,1-2H3,(H,20,24)/b9-8+. The zero-order valence-electron chi connectivity index (χ0n) is 13.9. The van der Waals surface area contributed by atoms with Crippen LogP contribution in [-0.4, -0.2) is 33.9 Å². The molecule has 2 rings (SSSR count). The molecule has 1 amide bonds. The average molecular weight is 348 g/mol. The molecule has 24 heavy (non-hydrogen) atoms. The molecule has 0 spiro atoms. The zero-order chi connectivity index (χ0) is 17.5. The van der Waals surface area contributed by atoms with Crippen LogP contribution in [0, 0.1) is 12.8 Å². The Bertz CT molecular complexity index is 711. The molecule has 0 radical (unpaired) electrons. The van der Waals surface area contributed by atoms with E-state index >= 15 is 0 Å². The molecule has 2 aromatic rings. The Labute approximate surface area is 146 Å². The quantitative estimate of drug-likeness (QED) is 0.757. The average Bonchev–Trinajstić information content (AvgIpc) is 2.85. The summed E-state index contributed by atoms with van der Waals surface area (Å²) in [5, 5.41) is 16.6. The lowest BCUT2D eigenvalue weighted by Gasteiger charge is -2.07. The largest absolute Gasteiger partial charge is 0.396 e. The summed E-state index contributed by atoms with van der Waals surface area (Å²) in [4.78, 5) is 11.8. The topological polar surface area (TPSA) is 67.2 Å². The molecule has 1 unspecified atom stereocenters. The van der Waals surface area contributed by atoms with Crippen molar-refractivity contribution >= 4 is 23.6 Å². The number of rotatable bonds is 7. The summed E-state index contributed by atoms with van der Waals surface area (Å²) in [6.07, 6.45) is 3.11. The Morgan fingerprint density at radius 1 is 1.42 bits per heavy atom. The van der Waals surface area contributed by atoms with E-state index in [2.05, 4.69) is 10.4 Å². The fraction of sp³-hybridized carbons (Fsp3) is 0.333. The minimum atomic E-state index is -0.221. The predicted molar refractivity (Wildman–Crippen MR) is 95.8 cm³/mol. The number of halogens is 1. The number of aryl methyl sites for hydroxylation is 1. The van der Waals surface area contributed by atoms with Gasteiger partial charge in [-0.25, -0.2) is 4.68 Å². The van der Waals surface area contributed by atoms with E-state index in [1.807, 2.05) is 44.2 Å². The van der Waals surface area contributed by atoms with Gasteiger partial charge in [-0.1, -0.05) is 48.9 Å². The van der Waals surface area contributed by atoms with Crippen molar-refractivity contribution in [3.8, 4) is 0 Å². The molecular weight excluding hydrogens is 326 g/mol. The second-order valence-electron chi connectivity index (χ2n) is 5.80. The highest BCUT2D eigenvalue weighted by Gasteiger charge is 2.12. The SMILES string of the molecule is Cc1nn(Cc2ccccc2)c(Cl)c1/C=C/C(=O)NCC(C)CO. The Hall–Kier alpha value is -2.11. The van der Waals surface area contributed by atoms with Gasteiger partial charge in [-0.2, -0.15) is 5.10 Å². The first-order valence-electron chi connectivity index (χ1n) is 7.85. The van der Waals surface area contributed by atoms with Crippen LogP contribution in [0.5, 0.6) is 0 Å². The Morgan fingerprint density at radius 2 is 2.12 bits per heavy atom. The zero-order valence-corrected chi connectivity index (χ0v) is 14.6. The number of carbonyl (C=O) groups is 1. The van der Waals surface area contributed by atoms with Crippen LogP contribution >= 0.6 is 11.6 Å². The van der Waals surface area contributed by atoms with E-state index in [1.54, 1.807) is 10.8 Å². The first-order valence-corrected chi connectivity index (χ1v) is 8.22. The minimum Gasteiger partial charge on any atom is -0.396 e. The van der Waals surface area contributed by atoms with Gasteiger partial charge < -0.3 is 10.4 Å². The summed E-state index contributed by atoms with van der Waals surface area (Å²) in [6, 6.07) is 9.93. The molecule has 0 bridgehead atoms. The van der Waals surface area contributed by atoms with E-state index in [-0.39, 0.29) is 18.4 Å². The number of nitrogens with one attached hydrogen (secondary N) is 1. The van der Waals surface area contributed by atoms with Crippen molar-refractivity contribution in [1.82, 2.24) is 15.1 Å². The number of carbonyl (C=O) groups excluding carboxylic acids is 1. The Morgan fingerprint density at radius 3 is 2.79 bits per heavy atom. The second kappa shape index (κ2) is 8.66. The van der Waals surface area contributed by atoms with Crippen molar-refractivity contribution < 1.29 is 9.90 Å². The summed E-state index contributed by atoms with van der Waals surface area (Å²) < 4.78 is 1.72. The lowest BCUT2D eigenvalue weighted by molar-refractivity contribution is -0.116. The molecule has 6 heteroatoms. The highest BCUT2D eigenvalue weighted by molar-refractivity contribution is 6.31. The van der Waals surface area contributed by atoms with Crippen LogP contribution < -0.4 is 5.32 Å². The third kappa shape index (κ3) is 4.94. The molecule has 0 aliphatic carbocycles. The first kappa shape index (κ1) is 18.2. The molecule has 0 saturated carbocycles. The fourth-order valence-electron chi connectivity index (χ4n) is 2.17. The van der Waals surface area contributed by atoms with Crippen molar-refractivity contribution in [2.75, 3.05) is 13.2 Å². The number of nitrogens with zero attached hydrogens (tertiary/aromatic N) is 2. The van der Waals surface area contributed by atoms with Crippen LogP contribution in [0.1, 0.15) is 23.7 Å². The molecule has 1 atom stereocenters. The molecular formula is C18H22ClN3O2. The monoisotopic (exact) mass is 347 g/mol. The molecule has 2 N–H and O–H groups in total. The minimum absolute atomic E-state index is 0.0290. The summed E-state index contributed by atoms with van der Waals surface area (Å²) in [5.74, 6) is -0.192. The van der Waals surface area contributed by atoms with Gasteiger partial charge in [-0.15, -0.1) is 0 Å². The Kier molecular flexibility index (Phi) is 6.58. The summed E-state index contributed by atoms with van der Waals surface area (Å²) in [5.41, 5.74) is 2.61. The molecule has 0 fully saturated rings. The van der Waals surface area contributed by atoms with Gasteiger partial charge in [-0.3, -0.25) is 4.79 Å². The van der Waals surface area contributed by atoms with Gasteiger partial charge in [-0.05, 0) is 24.5 Å². The van der Waals surface area contributed by atoms with Gasteiger partial charge in [0.25, 0.3) is 0 Å². The van der Waals surface area contributed by atoms with E-state index < -0.39 is 0 Å². The molecule has 0 aliphatic heterocycles. The summed E-state index contributed by atoms with van der Waals surface area (Å²) in [7, 11) is 0. The van der Waals surface area contributed by atoms with E-state index in [0.29, 0.717) is 18.2 Å². The third-order valence-electron chi connectivity index (χ3n) is 3.62. The van der Waals surface area contributed by atoms with Crippen LogP contribution in [0.4, 0.5) is 0 Å². The maximum Gasteiger partial charge on any atom is 0.244 e. The molecule has 1 aromatic heterocycles. The summed E-state index contributed by atoms with van der Waals surface area (Å²) in [6.45, 7) is 4.77. The van der Waals surface area contributed by atoms with Gasteiger partial charge in [0, 0.05) is 24.8 Å². The van der Waals surface area contributed by atoms with Crippen LogP contribution in [0.25, 0.3) is 6.08 Å². The van der Waals surface area contributed by atoms with E-state index in [1.165, 1.54) is 6.08 Å². The highest BCUT2D eigenvalue weighted by atomic mass is 35.5. The highest BCUT2D eigenvalue weighted by Crippen LogP contribution is 2.22. The number of amides is 1. The number of hydrogen-bond acceptors (Lipinski definition) is 3. The van der Waals surface area contributed by atoms with E-state index in [0.717, 1.165) is 16.8 Å². The lowest BCUT2D eigenvalue weighted by atomic mass is 10.2. The normalized spacial score (nSPS) is 12.5. The number of hydrogen-bond donors (Lipinski definition) is 2. The number of aliphatic hydroxyl groups is 1. The van der Waals surface area contributed by atoms with Crippen molar-refractivity contribution in [3.63, 3.8) is 0 Å². The first-order chi connectivity index (χ1) is 11.5. The van der Waals surface area contributed by atoms with E-state index in [4.69, 9.17) is 16.7 Å². The van der Waals surface area contributed by atoms with Crippen LogP contribution in [0.2, 0.25) is 5.15 Å². The van der Waals surface area contributed by atoms with Gasteiger partial charge in [0.2, 0.25) is 5.91 Å². The maximum atomic E-state index is 11.8. The van der Waals surface area contributed by atoms with E-state index in [9.17, 15) is 4.79 Å². The molecule has 0 saturated heterocycles. The Balaban J connectivity index is 2.06. The maximum absolute atomic E-state index is 11.8. The smallest absolute Gasteiger partial charge is 0.244 e. The lowest BCUT2D eigenvalue weighted by Crippen LogP contribution is -2.27. The number of aromatic nitrogens is 2. The fourth-order valence-corrected chi connectivity index (χ4v) is 2.47. The van der Waals surface area contributed by atoms with Crippen molar-refractivity contribution in [2.24, 2.45) is 5.92 Å². The molecule has 128 valence electrons. The van der Waals surface area contributed by atoms with Crippen molar-refractivity contribution in [1.29, 1.82) is 0 Å². The second-order valence-corrected chi connectivity index (χ2v) is 6.16. The predicted octanol–water partition coefficient (Wildman–Crippen LogP) is 2.65. The summed E-state index contributed by atoms with van der Waals surface area (Å²) >= 11 is 6.40. The van der Waals surface area contributed by atoms with Crippen LogP contribution in [0.15, 0.2) is 36.4 Å². The van der Waals surface area contributed by atoms with Gasteiger partial charge in [0.05, 0.1) is 12.2 Å². The molecule has 5 nitrogen and oxygen atoms in total. The van der Waals surface area contributed by atoms with Gasteiger partial charge >= 0.3 is 0 Å². The van der Waals surface area contributed by atoms with Gasteiger partial charge in [0.1, 0.15) is 5.15 Å². The molecule has 0 aliphatic rings. The van der Waals surface area contributed by atoms with Crippen molar-refractivity contribution in [2.45, 2.75) is 20.4 Å². The number of benzene rings is 1. The van der Waals surface area contributed by atoms with Crippen LogP contribution in [-0.2, 0) is 11.3 Å². The molecule has 1 aromatic carbocycles. The third-order valence-corrected chi connectivity index (χ3v) is 4.02. The van der Waals surface area contributed by atoms with Crippen molar-refractivity contribution in [3.05, 3.63) is 58.4 Å².